The van der Waals surface area contributed by atoms with E-state index in [1.54, 1.807) is 33.3 Å². The van der Waals surface area contributed by atoms with Gasteiger partial charge in [0.15, 0.2) is 5.76 Å². The fourth-order valence-corrected chi connectivity index (χ4v) is 3.24. The Morgan fingerprint density at radius 3 is 2.57 bits per heavy atom. The Labute approximate surface area is 138 Å². The molecule has 6 nitrogen and oxygen atoms in total. The van der Waals surface area contributed by atoms with Gasteiger partial charge in [-0.15, -0.1) is 11.3 Å². The maximum absolute atomic E-state index is 12.2. The molecule has 1 aliphatic heterocycles. The number of rotatable bonds is 4. The molecule has 0 bridgehead atoms. The molecule has 3 amide bonds. The van der Waals surface area contributed by atoms with Crippen LogP contribution >= 0.6 is 11.3 Å². The predicted molar refractivity (Wildman–Crippen MR) is 87.6 cm³/mol. The van der Waals surface area contributed by atoms with Crippen molar-refractivity contribution in [2.24, 2.45) is 0 Å². The lowest BCUT2D eigenvalue weighted by Crippen LogP contribution is -2.53. The number of hydrogen-bond acceptors (Lipinski definition) is 4. The van der Waals surface area contributed by atoms with Gasteiger partial charge in [-0.25, -0.2) is 4.79 Å². The maximum Gasteiger partial charge on any atom is 0.317 e. The van der Waals surface area contributed by atoms with Crippen LogP contribution in [0.2, 0.25) is 0 Å². The van der Waals surface area contributed by atoms with Gasteiger partial charge in [-0.2, -0.15) is 0 Å². The van der Waals surface area contributed by atoms with Crippen LogP contribution in [0, 0.1) is 0 Å². The summed E-state index contributed by atoms with van der Waals surface area (Å²) >= 11 is 1.69. The van der Waals surface area contributed by atoms with E-state index in [0.29, 0.717) is 38.5 Å². The normalized spacial score (nSPS) is 14.8. The van der Waals surface area contributed by atoms with Crippen LogP contribution in [0.25, 0.3) is 0 Å². The first-order valence-corrected chi connectivity index (χ1v) is 8.50. The molecule has 1 saturated heterocycles. The van der Waals surface area contributed by atoms with Crippen LogP contribution in [-0.4, -0.2) is 54.5 Å². The van der Waals surface area contributed by atoms with E-state index in [1.165, 1.54) is 11.1 Å². The number of carbonyl (C=O) groups is 2. The van der Waals surface area contributed by atoms with E-state index < -0.39 is 0 Å². The Hall–Kier alpha value is -2.28. The van der Waals surface area contributed by atoms with E-state index in [9.17, 15) is 9.59 Å². The molecule has 2 aromatic heterocycles. The molecule has 0 radical (unpaired) electrons. The van der Waals surface area contributed by atoms with E-state index in [2.05, 4.69) is 11.4 Å². The number of nitrogens with one attached hydrogen (secondary N) is 1. The highest BCUT2D eigenvalue weighted by molar-refractivity contribution is 7.09. The summed E-state index contributed by atoms with van der Waals surface area (Å²) < 4.78 is 5.13. The highest BCUT2D eigenvalue weighted by Crippen LogP contribution is 2.10. The van der Waals surface area contributed by atoms with Gasteiger partial charge < -0.3 is 19.5 Å². The van der Waals surface area contributed by atoms with Crippen molar-refractivity contribution in [1.82, 2.24) is 15.1 Å². The molecule has 1 fully saturated rings. The highest BCUT2D eigenvalue weighted by Gasteiger charge is 2.25. The molecule has 0 unspecified atom stereocenters. The molecule has 3 rings (SSSR count). The zero-order valence-corrected chi connectivity index (χ0v) is 13.6. The van der Waals surface area contributed by atoms with Crippen LogP contribution in [0.4, 0.5) is 4.79 Å². The Morgan fingerprint density at radius 1 is 1.13 bits per heavy atom. The van der Waals surface area contributed by atoms with Crippen LogP contribution in [0.1, 0.15) is 15.4 Å². The SMILES string of the molecule is O=C(NCCc1cccs1)N1CCN(C(=O)c2ccco2)CC1. The first-order valence-electron chi connectivity index (χ1n) is 7.62. The van der Waals surface area contributed by atoms with Crippen molar-refractivity contribution < 1.29 is 14.0 Å². The number of nitrogens with zero attached hydrogens (tertiary/aromatic N) is 2. The number of hydrogen-bond donors (Lipinski definition) is 1. The number of piperazine rings is 1. The van der Waals surface area contributed by atoms with E-state index in [4.69, 9.17) is 4.42 Å². The molecule has 23 heavy (non-hydrogen) atoms. The lowest BCUT2D eigenvalue weighted by atomic mass is 10.3. The molecule has 122 valence electrons. The van der Waals surface area contributed by atoms with Gasteiger partial charge in [-0.1, -0.05) is 6.07 Å². The average Bonchev–Trinajstić information content (AvgIpc) is 3.28. The topological polar surface area (TPSA) is 65.8 Å². The lowest BCUT2D eigenvalue weighted by molar-refractivity contribution is 0.0634. The standard InChI is InChI=1S/C16H19N3O3S/c20-15(14-4-1-11-22-14)18-7-9-19(10-8-18)16(21)17-6-5-13-3-2-12-23-13/h1-4,11-12H,5-10H2,(H,17,21). The molecule has 0 aliphatic carbocycles. The number of carbonyl (C=O) groups excluding carboxylic acids is 2. The predicted octanol–water partition coefficient (Wildman–Crippen LogP) is 2.05. The number of furan rings is 1. The zero-order chi connectivity index (χ0) is 16.1. The van der Waals surface area contributed by atoms with E-state index >= 15 is 0 Å². The average molecular weight is 333 g/mol. The van der Waals surface area contributed by atoms with E-state index in [1.807, 2.05) is 11.4 Å². The second-order valence-corrected chi connectivity index (χ2v) is 6.35. The second kappa shape index (κ2) is 7.32. The molecule has 0 spiro atoms. The molecule has 0 saturated carbocycles. The quantitative estimate of drug-likeness (QED) is 0.931. The minimum atomic E-state index is -0.118. The van der Waals surface area contributed by atoms with Gasteiger partial charge in [0, 0.05) is 37.6 Å². The third kappa shape index (κ3) is 3.92. The highest BCUT2D eigenvalue weighted by atomic mass is 32.1. The molecule has 1 N–H and O–H groups in total. The van der Waals surface area contributed by atoms with Crippen molar-refractivity contribution in [3.8, 4) is 0 Å². The molecule has 0 atom stereocenters. The van der Waals surface area contributed by atoms with Crippen LogP contribution in [0.15, 0.2) is 40.3 Å². The zero-order valence-electron chi connectivity index (χ0n) is 12.7. The molecule has 1 aliphatic rings. The fraction of sp³-hybridized carbons (Fsp3) is 0.375. The number of thiophene rings is 1. The van der Waals surface area contributed by atoms with Gasteiger partial charge in [-0.05, 0) is 30.0 Å². The maximum atomic E-state index is 12.2. The van der Waals surface area contributed by atoms with Gasteiger partial charge in [0.25, 0.3) is 5.91 Å². The van der Waals surface area contributed by atoms with E-state index in [0.717, 1.165) is 6.42 Å². The fourth-order valence-electron chi connectivity index (χ4n) is 2.53. The molecular weight excluding hydrogens is 314 g/mol. The smallest absolute Gasteiger partial charge is 0.317 e. The summed E-state index contributed by atoms with van der Waals surface area (Å²) in [6, 6.07) is 7.37. The van der Waals surface area contributed by atoms with Gasteiger partial charge >= 0.3 is 6.03 Å². The number of urea groups is 1. The van der Waals surface area contributed by atoms with Gasteiger partial charge in [0.1, 0.15) is 0 Å². The number of amides is 3. The van der Waals surface area contributed by atoms with Gasteiger partial charge in [0.05, 0.1) is 6.26 Å². The minimum absolute atomic E-state index is 0.0633. The summed E-state index contributed by atoms with van der Waals surface area (Å²) in [4.78, 5) is 29.0. The van der Waals surface area contributed by atoms with Crippen molar-refractivity contribution in [3.05, 3.63) is 46.5 Å². The van der Waals surface area contributed by atoms with Crippen LogP contribution < -0.4 is 5.32 Å². The van der Waals surface area contributed by atoms with Crippen molar-refractivity contribution in [2.45, 2.75) is 6.42 Å². The first kappa shape index (κ1) is 15.6. The summed E-state index contributed by atoms with van der Waals surface area (Å²) in [5.41, 5.74) is 0. The first-order chi connectivity index (χ1) is 11.2. The summed E-state index contributed by atoms with van der Waals surface area (Å²) in [6.07, 6.45) is 2.34. The van der Waals surface area contributed by atoms with Crippen LogP contribution in [0.3, 0.4) is 0 Å². The molecule has 2 aromatic rings. The summed E-state index contributed by atoms with van der Waals surface area (Å²) in [5.74, 6) is 0.228. The Balaban J connectivity index is 1.41. The lowest BCUT2D eigenvalue weighted by Gasteiger charge is -2.34. The van der Waals surface area contributed by atoms with Crippen LogP contribution in [0.5, 0.6) is 0 Å². The Kier molecular flexibility index (Phi) is 4.97. The summed E-state index contributed by atoms with van der Waals surface area (Å²) in [5, 5.41) is 4.97. The summed E-state index contributed by atoms with van der Waals surface area (Å²) in [7, 11) is 0. The Morgan fingerprint density at radius 2 is 1.91 bits per heavy atom. The van der Waals surface area contributed by atoms with Crippen molar-refractivity contribution in [3.63, 3.8) is 0 Å². The van der Waals surface area contributed by atoms with Crippen molar-refractivity contribution in [1.29, 1.82) is 0 Å². The van der Waals surface area contributed by atoms with Crippen LogP contribution in [-0.2, 0) is 6.42 Å². The van der Waals surface area contributed by atoms with Gasteiger partial charge in [-0.3, -0.25) is 4.79 Å². The van der Waals surface area contributed by atoms with Gasteiger partial charge in [0.2, 0.25) is 0 Å². The Bertz CT molecular complexity index is 632. The third-order valence-corrected chi connectivity index (χ3v) is 4.75. The van der Waals surface area contributed by atoms with E-state index in [-0.39, 0.29) is 11.9 Å². The molecular formula is C16H19N3O3S. The minimum Gasteiger partial charge on any atom is -0.459 e. The monoisotopic (exact) mass is 333 g/mol. The summed E-state index contributed by atoms with van der Waals surface area (Å²) in [6.45, 7) is 2.76. The largest absolute Gasteiger partial charge is 0.459 e. The molecule has 0 aromatic carbocycles. The second-order valence-electron chi connectivity index (χ2n) is 5.32. The molecule has 3 heterocycles. The molecule has 7 heteroatoms. The van der Waals surface area contributed by atoms with Crippen molar-refractivity contribution >= 4 is 23.3 Å². The third-order valence-electron chi connectivity index (χ3n) is 3.81. The van der Waals surface area contributed by atoms with Crippen molar-refractivity contribution in [2.75, 3.05) is 32.7 Å².